The zero-order chi connectivity index (χ0) is 16.1. The highest BCUT2D eigenvalue weighted by Crippen LogP contribution is 2.17. The van der Waals surface area contributed by atoms with Crippen LogP contribution >= 0.6 is 0 Å². The van der Waals surface area contributed by atoms with E-state index in [0.717, 1.165) is 19.4 Å². The third kappa shape index (κ3) is 4.31. The summed E-state index contributed by atoms with van der Waals surface area (Å²) in [5.74, 6) is -0.540. The average Bonchev–Trinajstić information content (AvgIpc) is 2.95. The van der Waals surface area contributed by atoms with Gasteiger partial charge in [-0.05, 0) is 37.0 Å². The van der Waals surface area contributed by atoms with Crippen LogP contribution in [0.15, 0.2) is 24.3 Å². The first-order chi connectivity index (χ1) is 10.5. The first-order valence-corrected chi connectivity index (χ1v) is 7.71. The normalized spacial score (nSPS) is 18.0. The lowest BCUT2D eigenvalue weighted by atomic mass is 10.1. The van der Waals surface area contributed by atoms with E-state index in [4.69, 9.17) is 9.84 Å². The van der Waals surface area contributed by atoms with Gasteiger partial charge < -0.3 is 14.7 Å². The van der Waals surface area contributed by atoms with Gasteiger partial charge in [-0.2, -0.15) is 0 Å². The van der Waals surface area contributed by atoms with Crippen molar-refractivity contribution in [2.75, 3.05) is 19.7 Å². The van der Waals surface area contributed by atoms with Gasteiger partial charge in [0, 0.05) is 25.3 Å². The maximum atomic E-state index is 12.4. The Morgan fingerprint density at radius 3 is 2.77 bits per heavy atom. The van der Waals surface area contributed by atoms with Crippen LogP contribution in [0.1, 0.15) is 47.4 Å². The molecular weight excluding hydrogens is 282 g/mol. The minimum Gasteiger partial charge on any atom is -0.478 e. The van der Waals surface area contributed by atoms with E-state index in [0.29, 0.717) is 24.6 Å². The van der Waals surface area contributed by atoms with E-state index in [-0.39, 0.29) is 17.6 Å². The molecule has 0 saturated carbocycles. The van der Waals surface area contributed by atoms with Crippen LogP contribution in [0.4, 0.5) is 0 Å². The number of aromatic carboxylic acids is 1. The predicted molar refractivity (Wildman–Crippen MR) is 83.1 cm³/mol. The average molecular weight is 305 g/mol. The summed E-state index contributed by atoms with van der Waals surface area (Å²) >= 11 is 0. The monoisotopic (exact) mass is 305 g/mol. The molecule has 1 aromatic rings. The van der Waals surface area contributed by atoms with Gasteiger partial charge in [0.1, 0.15) is 0 Å². The number of nitrogens with zero attached hydrogens (tertiary/aromatic N) is 1. The number of hydrogen-bond donors (Lipinski definition) is 1. The van der Waals surface area contributed by atoms with Gasteiger partial charge in [-0.3, -0.25) is 4.79 Å². The molecule has 2 rings (SSSR count). The number of carbonyl (C=O) groups is 2. The number of amides is 1. The number of carbonyl (C=O) groups excluding carboxylic acids is 1. The molecule has 1 aliphatic rings. The minimum absolute atomic E-state index is 0.0883. The van der Waals surface area contributed by atoms with E-state index >= 15 is 0 Å². The van der Waals surface area contributed by atoms with E-state index in [1.807, 2.05) is 0 Å². The minimum atomic E-state index is -1.02. The summed E-state index contributed by atoms with van der Waals surface area (Å²) in [6.45, 7) is 6.27. The van der Waals surface area contributed by atoms with E-state index < -0.39 is 5.97 Å². The zero-order valence-electron chi connectivity index (χ0n) is 13.1. The van der Waals surface area contributed by atoms with E-state index in [2.05, 4.69) is 13.8 Å². The highest BCUT2D eigenvalue weighted by atomic mass is 16.5. The number of benzene rings is 1. The van der Waals surface area contributed by atoms with Crippen LogP contribution in [-0.4, -0.2) is 47.7 Å². The van der Waals surface area contributed by atoms with Gasteiger partial charge in [0.2, 0.25) is 0 Å². The number of ether oxygens (including phenoxy) is 1. The SMILES string of the molecule is CC(C)CCO[C@H]1CCN(C(=O)c2cccc(C(=O)O)c2)C1. The van der Waals surface area contributed by atoms with Crippen molar-refractivity contribution in [3.63, 3.8) is 0 Å². The number of carboxylic acid groups (broad SMARTS) is 1. The van der Waals surface area contributed by atoms with Gasteiger partial charge in [0.05, 0.1) is 11.7 Å². The number of likely N-dealkylation sites (tertiary alicyclic amines) is 1. The summed E-state index contributed by atoms with van der Waals surface area (Å²) in [6.07, 6.45) is 1.94. The fraction of sp³-hybridized carbons (Fsp3) is 0.529. The van der Waals surface area contributed by atoms with E-state index in [1.54, 1.807) is 17.0 Å². The van der Waals surface area contributed by atoms with Crippen LogP contribution in [0, 0.1) is 5.92 Å². The van der Waals surface area contributed by atoms with E-state index in [9.17, 15) is 9.59 Å². The summed E-state index contributed by atoms with van der Waals surface area (Å²) in [7, 11) is 0. The van der Waals surface area contributed by atoms with Gasteiger partial charge in [0.15, 0.2) is 0 Å². The summed E-state index contributed by atoms with van der Waals surface area (Å²) in [5, 5.41) is 9.00. The molecule has 120 valence electrons. The maximum Gasteiger partial charge on any atom is 0.335 e. The van der Waals surface area contributed by atoms with Crippen molar-refractivity contribution >= 4 is 11.9 Å². The molecule has 1 N–H and O–H groups in total. The molecule has 1 atom stereocenters. The molecule has 0 aromatic heterocycles. The molecule has 1 aliphatic heterocycles. The molecular formula is C17H23NO4. The molecule has 1 heterocycles. The number of carboxylic acids is 1. The van der Waals surface area contributed by atoms with Gasteiger partial charge >= 0.3 is 5.97 Å². The molecule has 1 aromatic carbocycles. The largest absolute Gasteiger partial charge is 0.478 e. The molecule has 0 radical (unpaired) electrons. The summed E-state index contributed by atoms with van der Waals surface area (Å²) in [6, 6.07) is 6.17. The fourth-order valence-electron chi connectivity index (χ4n) is 2.49. The molecule has 0 bridgehead atoms. The van der Waals surface area contributed by atoms with E-state index in [1.165, 1.54) is 12.1 Å². The molecule has 5 nitrogen and oxygen atoms in total. The lowest BCUT2D eigenvalue weighted by Gasteiger charge is -2.17. The molecule has 1 amide bonds. The molecule has 22 heavy (non-hydrogen) atoms. The molecule has 0 spiro atoms. The number of rotatable bonds is 6. The second kappa shape index (κ2) is 7.40. The molecule has 0 unspecified atom stereocenters. The Morgan fingerprint density at radius 1 is 1.36 bits per heavy atom. The van der Waals surface area contributed by atoms with Gasteiger partial charge in [-0.25, -0.2) is 4.79 Å². The molecule has 1 fully saturated rings. The molecule has 0 aliphatic carbocycles. The predicted octanol–water partition coefficient (Wildman–Crippen LogP) is 2.66. The Labute approximate surface area is 130 Å². The van der Waals surface area contributed by atoms with Gasteiger partial charge in [0.25, 0.3) is 5.91 Å². The topological polar surface area (TPSA) is 66.8 Å². The van der Waals surface area contributed by atoms with Crippen LogP contribution in [0.25, 0.3) is 0 Å². The lowest BCUT2D eigenvalue weighted by molar-refractivity contribution is 0.0484. The van der Waals surface area contributed by atoms with Crippen LogP contribution < -0.4 is 0 Å². The van der Waals surface area contributed by atoms with Gasteiger partial charge in [-0.15, -0.1) is 0 Å². The highest BCUT2D eigenvalue weighted by Gasteiger charge is 2.27. The van der Waals surface area contributed by atoms with Crippen molar-refractivity contribution in [2.24, 2.45) is 5.92 Å². The van der Waals surface area contributed by atoms with Crippen molar-refractivity contribution in [2.45, 2.75) is 32.8 Å². The summed E-state index contributed by atoms with van der Waals surface area (Å²) in [5.41, 5.74) is 0.553. The Balaban J connectivity index is 1.91. The first-order valence-electron chi connectivity index (χ1n) is 7.71. The van der Waals surface area contributed by atoms with Crippen molar-refractivity contribution < 1.29 is 19.4 Å². The summed E-state index contributed by atoms with van der Waals surface area (Å²) < 4.78 is 5.80. The second-order valence-electron chi connectivity index (χ2n) is 6.10. The van der Waals surface area contributed by atoms with Crippen molar-refractivity contribution in [3.8, 4) is 0 Å². The van der Waals surface area contributed by atoms with Crippen LogP contribution in [0.5, 0.6) is 0 Å². The number of hydrogen-bond acceptors (Lipinski definition) is 3. The Kier molecular flexibility index (Phi) is 5.55. The summed E-state index contributed by atoms with van der Waals surface area (Å²) in [4.78, 5) is 25.1. The first kappa shape index (κ1) is 16.5. The third-order valence-electron chi connectivity index (χ3n) is 3.84. The lowest BCUT2D eigenvalue weighted by Crippen LogP contribution is -2.30. The van der Waals surface area contributed by atoms with Crippen LogP contribution in [0.3, 0.4) is 0 Å². The third-order valence-corrected chi connectivity index (χ3v) is 3.84. The van der Waals surface area contributed by atoms with Crippen molar-refractivity contribution in [3.05, 3.63) is 35.4 Å². The fourth-order valence-corrected chi connectivity index (χ4v) is 2.49. The standard InChI is InChI=1S/C17H23NO4/c1-12(2)7-9-22-15-6-8-18(11-15)16(19)13-4-3-5-14(10-13)17(20)21/h3-5,10,12,15H,6-9,11H2,1-2H3,(H,20,21)/t15-/m0/s1. The Bertz CT molecular complexity index is 541. The zero-order valence-corrected chi connectivity index (χ0v) is 13.1. The van der Waals surface area contributed by atoms with Crippen LogP contribution in [0.2, 0.25) is 0 Å². The van der Waals surface area contributed by atoms with Gasteiger partial charge in [-0.1, -0.05) is 19.9 Å². The maximum absolute atomic E-state index is 12.4. The molecule has 1 saturated heterocycles. The van der Waals surface area contributed by atoms with Crippen molar-refractivity contribution in [1.29, 1.82) is 0 Å². The quantitative estimate of drug-likeness (QED) is 0.877. The second-order valence-corrected chi connectivity index (χ2v) is 6.10. The Morgan fingerprint density at radius 2 is 2.09 bits per heavy atom. The van der Waals surface area contributed by atoms with Crippen molar-refractivity contribution in [1.82, 2.24) is 4.90 Å². The van der Waals surface area contributed by atoms with Crippen LogP contribution in [-0.2, 0) is 4.74 Å². The smallest absolute Gasteiger partial charge is 0.335 e. The molecule has 5 heteroatoms. The Hall–Kier alpha value is -1.88. The highest BCUT2D eigenvalue weighted by molar-refractivity contribution is 5.97.